The highest BCUT2D eigenvalue weighted by Crippen LogP contribution is 2.32. The molecule has 0 fully saturated rings. The number of nitrogens with one attached hydrogen (secondary N) is 3. The van der Waals surface area contributed by atoms with Crippen LogP contribution >= 0.6 is 24.0 Å². The zero-order valence-corrected chi connectivity index (χ0v) is 19.0. The lowest BCUT2D eigenvalue weighted by Crippen LogP contribution is -2.30. The van der Waals surface area contributed by atoms with Gasteiger partial charge in [0.05, 0.1) is 13.2 Å². The zero-order valence-electron chi connectivity index (χ0n) is 16.7. The summed E-state index contributed by atoms with van der Waals surface area (Å²) in [6.45, 7) is 4.42. The number of hydrogen-bond acceptors (Lipinski definition) is 4. The average Bonchev–Trinajstić information content (AvgIpc) is 2.96. The summed E-state index contributed by atoms with van der Waals surface area (Å²) in [7, 11) is 1.72. The molecule has 0 unspecified atom stereocenters. The van der Waals surface area contributed by atoms with E-state index in [4.69, 9.17) is 9.47 Å². The first-order valence-corrected chi connectivity index (χ1v) is 9.44. The minimum absolute atomic E-state index is 0. The van der Waals surface area contributed by atoms with Crippen molar-refractivity contribution in [2.24, 2.45) is 4.99 Å². The number of rotatable bonds is 5. The third-order valence-electron chi connectivity index (χ3n) is 4.25. The van der Waals surface area contributed by atoms with Gasteiger partial charge >= 0.3 is 0 Å². The first kappa shape index (κ1) is 22.8. The summed E-state index contributed by atoms with van der Waals surface area (Å²) in [4.78, 5) is 16.1. The largest absolute Gasteiger partial charge is 0.490 e. The van der Waals surface area contributed by atoms with Crippen LogP contribution in [-0.4, -0.2) is 38.7 Å². The molecule has 7 nitrogen and oxygen atoms in total. The standard InChI is InChI=1S/C21H26N4O3.HI/c1-3-23-20(26)16-7-5-15(6-8-16)14-24-21(22-2)25-17-9-10-18-19(13-17)28-12-4-11-27-18;/h5-10,13H,3-4,11-12,14H2,1-2H3,(H,23,26)(H2,22,24,25);1H. The maximum absolute atomic E-state index is 11.8. The van der Waals surface area contributed by atoms with E-state index in [-0.39, 0.29) is 29.9 Å². The maximum Gasteiger partial charge on any atom is 0.251 e. The number of guanidine groups is 1. The van der Waals surface area contributed by atoms with Crippen LogP contribution in [0.4, 0.5) is 5.69 Å². The number of anilines is 1. The highest BCUT2D eigenvalue weighted by Gasteiger charge is 2.11. The minimum Gasteiger partial charge on any atom is -0.490 e. The van der Waals surface area contributed by atoms with Crippen LogP contribution in [0.25, 0.3) is 0 Å². The predicted octanol–water partition coefficient (Wildman–Crippen LogP) is 3.40. The molecular formula is C21H27IN4O3. The number of carbonyl (C=O) groups is 1. The molecule has 2 aromatic rings. The molecular weight excluding hydrogens is 483 g/mol. The monoisotopic (exact) mass is 510 g/mol. The van der Waals surface area contributed by atoms with E-state index in [0.29, 0.717) is 37.8 Å². The van der Waals surface area contributed by atoms with E-state index in [0.717, 1.165) is 29.2 Å². The van der Waals surface area contributed by atoms with Gasteiger partial charge in [0, 0.05) is 43.9 Å². The van der Waals surface area contributed by atoms with E-state index in [1.807, 2.05) is 49.4 Å². The molecule has 29 heavy (non-hydrogen) atoms. The third kappa shape index (κ3) is 6.52. The van der Waals surface area contributed by atoms with Gasteiger partial charge in [-0.3, -0.25) is 9.79 Å². The smallest absolute Gasteiger partial charge is 0.251 e. The summed E-state index contributed by atoms with van der Waals surface area (Å²) in [5.74, 6) is 2.08. The Kier molecular flexibility index (Phi) is 9.04. The number of ether oxygens (including phenoxy) is 2. The Morgan fingerprint density at radius 3 is 2.45 bits per heavy atom. The van der Waals surface area contributed by atoms with Crippen LogP contribution in [0.1, 0.15) is 29.3 Å². The Morgan fingerprint density at radius 2 is 1.76 bits per heavy atom. The topological polar surface area (TPSA) is 84.0 Å². The fourth-order valence-electron chi connectivity index (χ4n) is 2.78. The van der Waals surface area contributed by atoms with Crippen LogP contribution < -0.4 is 25.4 Å². The number of carbonyl (C=O) groups excluding carboxylic acids is 1. The molecule has 156 valence electrons. The van der Waals surface area contributed by atoms with Gasteiger partial charge in [-0.1, -0.05) is 12.1 Å². The van der Waals surface area contributed by atoms with Gasteiger partial charge in [0.2, 0.25) is 0 Å². The summed E-state index contributed by atoms with van der Waals surface area (Å²) >= 11 is 0. The van der Waals surface area contributed by atoms with Gasteiger partial charge < -0.3 is 25.4 Å². The van der Waals surface area contributed by atoms with Crippen molar-refractivity contribution >= 4 is 41.5 Å². The number of halogens is 1. The van der Waals surface area contributed by atoms with Crippen molar-refractivity contribution in [1.82, 2.24) is 10.6 Å². The summed E-state index contributed by atoms with van der Waals surface area (Å²) in [5, 5.41) is 9.31. The Labute approximate surface area is 188 Å². The van der Waals surface area contributed by atoms with Crippen LogP contribution in [0.15, 0.2) is 47.5 Å². The summed E-state index contributed by atoms with van der Waals surface area (Å²) in [5.41, 5.74) is 2.57. The van der Waals surface area contributed by atoms with E-state index >= 15 is 0 Å². The lowest BCUT2D eigenvalue weighted by Gasteiger charge is -2.14. The van der Waals surface area contributed by atoms with Crippen molar-refractivity contribution in [3.8, 4) is 11.5 Å². The first-order chi connectivity index (χ1) is 13.7. The number of amides is 1. The summed E-state index contributed by atoms with van der Waals surface area (Å²) in [6, 6.07) is 13.2. The second-order valence-electron chi connectivity index (χ2n) is 6.32. The molecule has 1 aliphatic heterocycles. The molecule has 1 heterocycles. The van der Waals surface area contributed by atoms with Gasteiger partial charge in [-0.25, -0.2) is 0 Å². The molecule has 0 saturated heterocycles. The Balaban J connectivity index is 0.00000300. The number of hydrogen-bond donors (Lipinski definition) is 3. The van der Waals surface area contributed by atoms with E-state index in [1.54, 1.807) is 7.05 Å². The molecule has 1 amide bonds. The first-order valence-electron chi connectivity index (χ1n) is 9.44. The van der Waals surface area contributed by atoms with Gasteiger partial charge in [-0.05, 0) is 36.8 Å². The molecule has 1 aliphatic rings. The van der Waals surface area contributed by atoms with E-state index in [1.165, 1.54) is 0 Å². The Bertz CT molecular complexity index is 840. The molecule has 0 radical (unpaired) electrons. The fourth-order valence-corrected chi connectivity index (χ4v) is 2.78. The summed E-state index contributed by atoms with van der Waals surface area (Å²) < 4.78 is 11.4. The average molecular weight is 510 g/mol. The van der Waals surface area contributed by atoms with E-state index < -0.39 is 0 Å². The number of nitrogens with zero attached hydrogens (tertiary/aromatic N) is 1. The van der Waals surface area contributed by atoms with Crippen molar-refractivity contribution in [2.45, 2.75) is 19.9 Å². The Morgan fingerprint density at radius 1 is 1.03 bits per heavy atom. The predicted molar refractivity (Wildman–Crippen MR) is 126 cm³/mol. The van der Waals surface area contributed by atoms with Crippen molar-refractivity contribution in [2.75, 3.05) is 32.1 Å². The minimum atomic E-state index is -0.0612. The van der Waals surface area contributed by atoms with Crippen LogP contribution in [0.3, 0.4) is 0 Å². The van der Waals surface area contributed by atoms with Crippen LogP contribution in [0.2, 0.25) is 0 Å². The van der Waals surface area contributed by atoms with Crippen LogP contribution in [-0.2, 0) is 6.54 Å². The molecule has 0 saturated carbocycles. The molecule has 8 heteroatoms. The molecule has 2 aromatic carbocycles. The third-order valence-corrected chi connectivity index (χ3v) is 4.25. The van der Waals surface area contributed by atoms with Crippen molar-refractivity contribution < 1.29 is 14.3 Å². The Hall–Kier alpha value is -2.49. The highest BCUT2D eigenvalue weighted by molar-refractivity contribution is 14.0. The lowest BCUT2D eigenvalue weighted by atomic mass is 10.1. The van der Waals surface area contributed by atoms with E-state index in [2.05, 4.69) is 20.9 Å². The van der Waals surface area contributed by atoms with Crippen molar-refractivity contribution in [1.29, 1.82) is 0 Å². The number of benzene rings is 2. The fraction of sp³-hybridized carbons (Fsp3) is 0.333. The molecule has 0 bridgehead atoms. The molecule has 0 spiro atoms. The molecule has 0 atom stereocenters. The summed E-state index contributed by atoms with van der Waals surface area (Å²) in [6.07, 6.45) is 0.875. The van der Waals surface area contributed by atoms with Gasteiger partial charge in [0.15, 0.2) is 17.5 Å². The van der Waals surface area contributed by atoms with Gasteiger partial charge in [0.1, 0.15) is 0 Å². The molecule has 3 N–H and O–H groups in total. The normalized spacial score (nSPS) is 13.0. The van der Waals surface area contributed by atoms with Crippen molar-refractivity contribution in [3.05, 3.63) is 53.6 Å². The lowest BCUT2D eigenvalue weighted by molar-refractivity contribution is 0.0956. The van der Waals surface area contributed by atoms with Crippen LogP contribution in [0, 0.1) is 0 Å². The van der Waals surface area contributed by atoms with Gasteiger partial charge in [-0.15, -0.1) is 24.0 Å². The molecule has 0 aliphatic carbocycles. The molecule has 3 rings (SSSR count). The second-order valence-corrected chi connectivity index (χ2v) is 6.32. The maximum atomic E-state index is 11.8. The zero-order chi connectivity index (χ0) is 19.8. The number of fused-ring (bicyclic) bond motifs is 1. The highest BCUT2D eigenvalue weighted by atomic mass is 127. The van der Waals surface area contributed by atoms with Gasteiger partial charge in [0.25, 0.3) is 5.91 Å². The SMILES string of the molecule is CCNC(=O)c1ccc(CNC(=NC)Nc2ccc3c(c2)OCCCO3)cc1.I. The van der Waals surface area contributed by atoms with E-state index in [9.17, 15) is 4.79 Å². The molecule has 0 aromatic heterocycles. The van der Waals surface area contributed by atoms with Gasteiger partial charge in [-0.2, -0.15) is 0 Å². The van der Waals surface area contributed by atoms with Crippen LogP contribution in [0.5, 0.6) is 11.5 Å². The van der Waals surface area contributed by atoms with Crippen molar-refractivity contribution in [3.63, 3.8) is 0 Å². The second kappa shape index (κ2) is 11.5. The number of aliphatic imine (C=N–C) groups is 1. The quantitative estimate of drug-likeness (QED) is 0.326.